The second-order valence-corrected chi connectivity index (χ2v) is 10.6. The first-order valence-electron chi connectivity index (χ1n) is 13.6. The van der Waals surface area contributed by atoms with Crippen molar-refractivity contribution < 1.29 is 95.8 Å². The van der Waals surface area contributed by atoms with E-state index in [0.29, 0.717) is 5.56 Å². The lowest BCUT2D eigenvalue weighted by Crippen LogP contribution is -2.72. The fraction of sp³-hybridized carbons (Fsp3) is 0.571. The second kappa shape index (κ2) is 15.0. The van der Waals surface area contributed by atoms with Gasteiger partial charge in [0, 0.05) is 6.42 Å². The third-order valence-electron chi connectivity index (χ3n) is 6.87. The molecule has 0 saturated heterocycles. The van der Waals surface area contributed by atoms with E-state index in [1.165, 1.54) is 36.4 Å². The van der Waals surface area contributed by atoms with Crippen LogP contribution >= 0.6 is 0 Å². The zero-order chi connectivity index (χ0) is 37.9. The molecule has 0 fully saturated rings. The number of hydrogen-bond donors (Lipinski definition) is 4. The van der Waals surface area contributed by atoms with Crippen LogP contribution in [-0.4, -0.2) is 101 Å². The Hall–Kier alpha value is -3.17. The van der Waals surface area contributed by atoms with Crippen molar-refractivity contribution in [2.75, 3.05) is 26.4 Å². The standard InChI is InChI=1S/C28H27F15O6/c29-22(30,23(31,32)24(33,34)25(35,36)26(37,38)27(39,40)28(41,42)43)9-1-2-17-10-16(5-8-21(17)49-14-19(47)12-45)15-3-6-20(7-4-15)48-13-18(46)11-44/h3-8,10,18-19,44-47H,1-2,9,11-14H2. The molecule has 2 aromatic carbocycles. The second-order valence-electron chi connectivity index (χ2n) is 10.6. The van der Waals surface area contributed by atoms with Gasteiger partial charge in [-0.1, -0.05) is 18.2 Å². The molecule has 2 aromatic rings. The SMILES string of the molecule is OCC(O)COc1ccc(-c2ccc(OCC(O)CO)c(CCCC(F)(F)C(F)(F)C(F)(F)C(F)(F)C(F)(F)C(F)(F)C(F)(F)F)c2)cc1. The van der Waals surface area contributed by atoms with Crippen LogP contribution in [0.3, 0.4) is 0 Å². The third-order valence-corrected chi connectivity index (χ3v) is 6.87. The van der Waals surface area contributed by atoms with Gasteiger partial charge in [0.15, 0.2) is 0 Å². The van der Waals surface area contributed by atoms with E-state index in [-0.39, 0.29) is 29.2 Å². The van der Waals surface area contributed by atoms with Crippen molar-refractivity contribution >= 4 is 0 Å². The summed E-state index contributed by atoms with van der Waals surface area (Å²) in [5.41, 5.74) is 0.401. The molecule has 2 rings (SSSR count). The molecule has 0 spiro atoms. The molecule has 0 aliphatic rings. The lowest BCUT2D eigenvalue weighted by molar-refractivity contribution is -0.452. The first-order chi connectivity index (χ1) is 22.2. The molecule has 0 radical (unpaired) electrons. The normalized spacial score (nSPS) is 15.2. The Morgan fingerprint density at radius 1 is 0.551 bits per heavy atom. The number of hydrogen-bond acceptors (Lipinski definition) is 6. The molecule has 0 heterocycles. The maximum absolute atomic E-state index is 14.4. The molecule has 49 heavy (non-hydrogen) atoms. The number of alkyl halides is 15. The topological polar surface area (TPSA) is 99.4 Å². The van der Waals surface area contributed by atoms with Gasteiger partial charge in [0.1, 0.15) is 36.9 Å². The Kier molecular flexibility index (Phi) is 12.8. The maximum atomic E-state index is 14.4. The highest BCUT2D eigenvalue weighted by Crippen LogP contribution is 2.62. The fourth-order valence-electron chi connectivity index (χ4n) is 3.98. The van der Waals surface area contributed by atoms with Crippen molar-refractivity contribution in [3.63, 3.8) is 0 Å². The molecule has 280 valence electrons. The maximum Gasteiger partial charge on any atom is 0.460 e. The summed E-state index contributed by atoms with van der Waals surface area (Å²) in [7, 11) is 0. The summed E-state index contributed by atoms with van der Waals surface area (Å²) in [5, 5.41) is 36.7. The van der Waals surface area contributed by atoms with E-state index in [1.807, 2.05) is 0 Å². The summed E-state index contributed by atoms with van der Waals surface area (Å²) < 4.78 is 213. The Morgan fingerprint density at radius 3 is 1.49 bits per heavy atom. The predicted octanol–water partition coefficient (Wildman–Crippen LogP) is 6.51. The van der Waals surface area contributed by atoms with Crippen LogP contribution in [0.25, 0.3) is 11.1 Å². The van der Waals surface area contributed by atoms with E-state index in [1.54, 1.807) is 0 Å². The lowest BCUT2D eigenvalue weighted by Gasteiger charge is -2.41. The van der Waals surface area contributed by atoms with E-state index < -0.39 is 93.0 Å². The molecular weight excluding hydrogens is 717 g/mol. The Labute approximate surface area is 266 Å². The number of halogens is 15. The fourth-order valence-corrected chi connectivity index (χ4v) is 3.98. The first kappa shape index (κ1) is 42.0. The average molecular weight is 744 g/mol. The Balaban J connectivity index is 2.37. The molecule has 2 unspecified atom stereocenters. The van der Waals surface area contributed by atoms with Crippen LogP contribution in [0.2, 0.25) is 0 Å². The molecule has 6 nitrogen and oxygen atoms in total. The molecular formula is C28H27F15O6. The quantitative estimate of drug-likeness (QED) is 0.130. The van der Waals surface area contributed by atoms with Gasteiger partial charge in [-0.2, -0.15) is 65.9 Å². The van der Waals surface area contributed by atoms with Gasteiger partial charge in [-0.3, -0.25) is 0 Å². The van der Waals surface area contributed by atoms with E-state index in [4.69, 9.17) is 19.7 Å². The van der Waals surface area contributed by atoms with Crippen LogP contribution in [0.4, 0.5) is 65.9 Å². The van der Waals surface area contributed by atoms with Gasteiger partial charge < -0.3 is 29.9 Å². The van der Waals surface area contributed by atoms with E-state index >= 15 is 0 Å². The van der Waals surface area contributed by atoms with E-state index in [2.05, 4.69) is 0 Å². The van der Waals surface area contributed by atoms with Crippen molar-refractivity contribution in [2.24, 2.45) is 0 Å². The van der Waals surface area contributed by atoms with Gasteiger partial charge in [0.05, 0.1) is 13.2 Å². The average Bonchev–Trinajstić information content (AvgIpc) is 3.01. The minimum absolute atomic E-state index is 0.193. The predicted molar refractivity (Wildman–Crippen MR) is 138 cm³/mol. The van der Waals surface area contributed by atoms with Gasteiger partial charge in [0.2, 0.25) is 0 Å². The van der Waals surface area contributed by atoms with E-state index in [9.17, 15) is 76.1 Å². The molecule has 4 N–H and O–H groups in total. The summed E-state index contributed by atoms with van der Waals surface area (Å²) in [6, 6.07) is 9.28. The molecule has 0 bridgehead atoms. The van der Waals surface area contributed by atoms with Gasteiger partial charge >= 0.3 is 41.7 Å². The molecule has 0 aromatic heterocycles. The summed E-state index contributed by atoms with van der Waals surface area (Å²) in [6.45, 7) is -2.35. The highest BCUT2D eigenvalue weighted by atomic mass is 19.4. The number of aliphatic hydroxyl groups excluding tert-OH is 4. The van der Waals surface area contributed by atoms with Crippen molar-refractivity contribution in [1.29, 1.82) is 0 Å². The zero-order valence-electron chi connectivity index (χ0n) is 24.4. The summed E-state index contributed by atoms with van der Waals surface area (Å²) in [5.74, 6) is -47.0. The number of aliphatic hydroxyl groups is 4. The van der Waals surface area contributed by atoms with Gasteiger partial charge in [0.25, 0.3) is 0 Å². The lowest BCUT2D eigenvalue weighted by atomic mass is 9.89. The van der Waals surface area contributed by atoms with Crippen molar-refractivity contribution in [3.05, 3.63) is 48.0 Å². The Bertz CT molecular complexity index is 1370. The molecule has 0 aliphatic carbocycles. The van der Waals surface area contributed by atoms with Crippen LogP contribution in [0.15, 0.2) is 42.5 Å². The molecule has 0 aliphatic heterocycles. The summed E-state index contributed by atoms with van der Waals surface area (Å²) >= 11 is 0. The highest BCUT2D eigenvalue weighted by molar-refractivity contribution is 5.66. The molecule has 0 amide bonds. The van der Waals surface area contributed by atoms with Crippen LogP contribution in [0, 0.1) is 0 Å². The zero-order valence-corrected chi connectivity index (χ0v) is 24.4. The Morgan fingerprint density at radius 2 is 1.00 bits per heavy atom. The van der Waals surface area contributed by atoms with Gasteiger partial charge in [-0.25, -0.2) is 0 Å². The van der Waals surface area contributed by atoms with Gasteiger partial charge in [-0.15, -0.1) is 0 Å². The number of rotatable bonds is 18. The monoisotopic (exact) mass is 744 g/mol. The van der Waals surface area contributed by atoms with Crippen LogP contribution in [0.5, 0.6) is 11.5 Å². The van der Waals surface area contributed by atoms with Crippen molar-refractivity contribution in [3.8, 4) is 22.6 Å². The van der Waals surface area contributed by atoms with Crippen molar-refractivity contribution in [1.82, 2.24) is 0 Å². The van der Waals surface area contributed by atoms with Crippen LogP contribution in [-0.2, 0) is 6.42 Å². The first-order valence-corrected chi connectivity index (χ1v) is 13.6. The minimum Gasteiger partial charge on any atom is -0.491 e. The van der Waals surface area contributed by atoms with Crippen LogP contribution < -0.4 is 9.47 Å². The summed E-state index contributed by atoms with van der Waals surface area (Å²) in [4.78, 5) is 0. The van der Waals surface area contributed by atoms with Gasteiger partial charge in [-0.05, 0) is 53.8 Å². The largest absolute Gasteiger partial charge is 0.491 e. The molecule has 21 heteroatoms. The summed E-state index contributed by atoms with van der Waals surface area (Å²) in [6.07, 6.45) is -15.1. The molecule has 2 atom stereocenters. The minimum atomic E-state index is -8.37. The van der Waals surface area contributed by atoms with Crippen molar-refractivity contribution in [2.45, 2.75) is 73.2 Å². The number of benzene rings is 2. The molecule has 0 saturated carbocycles. The third kappa shape index (κ3) is 8.42. The number of aryl methyl sites for hydroxylation is 1. The van der Waals surface area contributed by atoms with E-state index in [0.717, 1.165) is 6.07 Å². The highest BCUT2D eigenvalue weighted by Gasteiger charge is 2.93. The van der Waals surface area contributed by atoms with Crippen LogP contribution in [0.1, 0.15) is 18.4 Å². The smallest absolute Gasteiger partial charge is 0.460 e. The number of ether oxygens (including phenoxy) is 2.